The van der Waals surface area contributed by atoms with Crippen LogP contribution in [-0.4, -0.2) is 26.7 Å². The van der Waals surface area contributed by atoms with E-state index in [9.17, 15) is 0 Å². The fourth-order valence-electron chi connectivity index (χ4n) is 2.18. The minimum atomic E-state index is 0.0782. The largest absolute Gasteiger partial charge is 0.394 e. The molecule has 0 amide bonds. The number of aliphatic hydroxyl groups is 1. The number of nitrogens with one attached hydrogen (secondary N) is 1. The van der Waals surface area contributed by atoms with Crippen molar-refractivity contribution in [1.29, 1.82) is 0 Å². The Bertz CT molecular complexity index is 548. The first kappa shape index (κ1) is 15.7. The maximum absolute atomic E-state index is 8.85. The Hall–Kier alpha value is -1.72. The molecule has 1 unspecified atom stereocenters. The summed E-state index contributed by atoms with van der Waals surface area (Å²) in [4.78, 5) is 0. The second-order valence-electron chi connectivity index (χ2n) is 5.62. The first-order valence-electron chi connectivity index (χ1n) is 7.43. The van der Waals surface area contributed by atoms with Crippen molar-refractivity contribution in [2.24, 2.45) is 0 Å². The molecule has 0 bridgehead atoms. The Kier molecular flexibility index (Phi) is 5.47. The molecule has 5 nitrogen and oxygen atoms in total. The van der Waals surface area contributed by atoms with Gasteiger partial charge in [0.15, 0.2) is 0 Å². The Balaban J connectivity index is 1.89. The molecule has 0 aliphatic carbocycles. The number of nitrogens with zero attached hydrogens (tertiary/aromatic N) is 3. The summed E-state index contributed by atoms with van der Waals surface area (Å²) < 4.78 is 1.65. The minimum absolute atomic E-state index is 0.0782. The number of hydrogen-bond acceptors (Lipinski definition) is 4. The molecule has 0 saturated heterocycles. The average Bonchev–Trinajstić information content (AvgIpc) is 2.93. The summed E-state index contributed by atoms with van der Waals surface area (Å²) in [5.74, 6) is 0.559. The minimum Gasteiger partial charge on any atom is -0.394 e. The van der Waals surface area contributed by atoms with Crippen LogP contribution in [0.15, 0.2) is 30.5 Å². The lowest BCUT2D eigenvalue weighted by molar-refractivity contribution is 0.268. The summed E-state index contributed by atoms with van der Waals surface area (Å²) in [5.41, 5.74) is 3.51. The summed E-state index contributed by atoms with van der Waals surface area (Å²) in [6.45, 7) is 7.77. The molecule has 2 aromatic rings. The normalized spacial score (nSPS) is 12.8. The molecule has 2 rings (SSSR count). The number of benzene rings is 1. The zero-order valence-electron chi connectivity index (χ0n) is 13.0. The van der Waals surface area contributed by atoms with Gasteiger partial charge in [0.2, 0.25) is 0 Å². The van der Waals surface area contributed by atoms with Crippen LogP contribution in [0.25, 0.3) is 0 Å². The van der Waals surface area contributed by atoms with Gasteiger partial charge in [-0.2, -0.15) is 0 Å². The van der Waals surface area contributed by atoms with Crippen molar-refractivity contribution in [3.05, 3.63) is 47.3 Å². The molecule has 5 heteroatoms. The van der Waals surface area contributed by atoms with E-state index >= 15 is 0 Å². The second kappa shape index (κ2) is 7.33. The number of hydrogen-bond donors (Lipinski definition) is 2. The van der Waals surface area contributed by atoms with E-state index in [0.717, 1.165) is 5.69 Å². The van der Waals surface area contributed by atoms with E-state index in [0.29, 0.717) is 19.0 Å². The average molecular weight is 288 g/mol. The molecular formula is C16H24N4O. The first-order valence-corrected chi connectivity index (χ1v) is 7.43. The fourth-order valence-corrected chi connectivity index (χ4v) is 2.18. The molecule has 0 radical (unpaired) electrons. The lowest BCUT2D eigenvalue weighted by atomic mass is 9.99. The van der Waals surface area contributed by atoms with E-state index in [1.54, 1.807) is 4.68 Å². The van der Waals surface area contributed by atoms with Crippen molar-refractivity contribution in [2.45, 2.75) is 45.8 Å². The van der Waals surface area contributed by atoms with Gasteiger partial charge >= 0.3 is 0 Å². The van der Waals surface area contributed by atoms with Gasteiger partial charge in [-0.15, -0.1) is 5.10 Å². The number of aliphatic hydroxyl groups excluding tert-OH is 1. The van der Waals surface area contributed by atoms with Gasteiger partial charge in [0.05, 0.1) is 18.8 Å². The van der Waals surface area contributed by atoms with E-state index in [2.05, 4.69) is 60.7 Å². The second-order valence-corrected chi connectivity index (χ2v) is 5.62. The van der Waals surface area contributed by atoms with Crippen molar-refractivity contribution in [3.8, 4) is 0 Å². The molecule has 2 N–H and O–H groups in total. The molecule has 114 valence electrons. The van der Waals surface area contributed by atoms with Gasteiger partial charge in [-0.25, -0.2) is 4.68 Å². The van der Waals surface area contributed by atoms with E-state index in [1.807, 2.05) is 6.20 Å². The molecule has 0 aliphatic heterocycles. The highest BCUT2D eigenvalue weighted by Crippen LogP contribution is 2.18. The van der Waals surface area contributed by atoms with Crippen LogP contribution in [0.3, 0.4) is 0 Å². The maximum atomic E-state index is 8.85. The van der Waals surface area contributed by atoms with Crippen LogP contribution in [0.4, 0.5) is 0 Å². The van der Waals surface area contributed by atoms with Gasteiger partial charge in [-0.05, 0) is 24.0 Å². The Morgan fingerprint density at radius 1 is 1.14 bits per heavy atom. The standard InChI is InChI=1S/C16H24N4O/c1-12(2)14-4-6-15(7-5-14)13(3)17-10-16-11-20(8-9-21)19-18-16/h4-7,11-13,17,21H,8-10H2,1-3H3. The lowest BCUT2D eigenvalue weighted by Gasteiger charge is -2.14. The highest BCUT2D eigenvalue weighted by molar-refractivity contribution is 5.26. The van der Waals surface area contributed by atoms with Crippen LogP contribution < -0.4 is 5.32 Å². The molecule has 0 spiro atoms. The third-order valence-electron chi connectivity index (χ3n) is 3.61. The van der Waals surface area contributed by atoms with Crippen molar-refractivity contribution in [2.75, 3.05) is 6.61 Å². The van der Waals surface area contributed by atoms with Gasteiger partial charge in [-0.3, -0.25) is 0 Å². The van der Waals surface area contributed by atoms with Crippen LogP contribution >= 0.6 is 0 Å². The van der Waals surface area contributed by atoms with Gasteiger partial charge in [-0.1, -0.05) is 43.3 Å². The van der Waals surface area contributed by atoms with Crippen LogP contribution in [0.1, 0.15) is 49.6 Å². The van der Waals surface area contributed by atoms with E-state index < -0.39 is 0 Å². The summed E-state index contributed by atoms with van der Waals surface area (Å²) >= 11 is 0. The summed E-state index contributed by atoms with van der Waals surface area (Å²) in [5, 5.41) is 20.3. The van der Waals surface area contributed by atoms with E-state index in [4.69, 9.17) is 5.11 Å². The third-order valence-corrected chi connectivity index (χ3v) is 3.61. The summed E-state index contributed by atoms with van der Waals surface area (Å²) in [6, 6.07) is 8.99. The van der Waals surface area contributed by atoms with Crippen molar-refractivity contribution in [3.63, 3.8) is 0 Å². The Morgan fingerprint density at radius 2 is 1.81 bits per heavy atom. The summed E-state index contributed by atoms with van der Waals surface area (Å²) in [6.07, 6.45) is 1.86. The van der Waals surface area contributed by atoms with Crippen molar-refractivity contribution >= 4 is 0 Å². The highest BCUT2D eigenvalue weighted by atomic mass is 16.3. The molecule has 1 aromatic carbocycles. The van der Waals surface area contributed by atoms with Gasteiger partial charge in [0, 0.05) is 18.8 Å². The van der Waals surface area contributed by atoms with E-state index in [-0.39, 0.29) is 12.6 Å². The zero-order valence-corrected chi connectivity index (χ0v) is 13.0. The molecule has 0 saturated carbocycles. The predicted molar refractivity (Wildman–Crippen MR) is 82.9 cm³/mol. The smallest absolute Gasteiger partial charge is 0.0965 e. The van der Waals surface area contributed by atoms with E-state index in [1.165, 1.54) is 11.1 Å². The quantitative estimate of drug-likeness (QED) is 0.820. The molecule has 1 heterocycles. The molecule has 1 atom stereocenters. The monoisotopic (exact) mass is 288 g/mol. The first-order chi connectivity index (χ1) is 10.1. The topological polar surface area (TPSA) is 63.0 Å². The Labute approximate surface area is 126 Å². The van der Waals surface area contributed by atoms with Gasteiger partial charge in [0.1, 0.15) is 0 Å². The molecular weight excluding hydrogens is 264 g/mol. The Morgan fingerprint density at radius 3 is 2.43 bits per heavy atom. The van der Waals surface area contributed by atoms with Crippen LogP contribution in [0, 0.1) is 0 Å². The van der Waals surface area contributed by atoms with Crippen LogP contribution in [0.5, 0.6) is 0 Å². The fraction of sp³-hybridized carbons (Fsp3) is 0.500. The predicted octanol–water partition coefficient (Wildman–Crippen LogP) is 2.24. The number of aromatic nitrogens is 3. The SMILES string of the molecule is CC(C)c1ccc(C(C)NCc2cn(CCO)nn2)cc1. The molecule has 0 aliphatic rings. The zero-order chi connectivity index (χ0) is 15.2. The maximum Gasteiger partial charge on any atom is 0.0965 e. The lowest BCUT2D eigenvalue weighted by Crippen LogP contribution is -2.18. The van der Waals surface area contributed by atoms with Gasteiger partial charge < -0.3 is 10.4 Å². The van der Waals surface area contributed by atoms with Gasteiger partial charge in [0.25, 0.3) is 0 Å². The van der Waals surface area contributed by atoms with Crippen molar-refractivity contribution < 1.29 is 5.11 Å². The molecule has 0 fully saturated rings. The molecule has 1 aromatic heterocycles. The highest BCUT2D eigenvalue weighted by Gasteiger charge is 2.07. The van der Waals surface area contributed by atoms with Crippen LogP contribution in [-0.2, 0) is 13.1 Å². The van der Waals surface area contributed by atoms with Crippen LogP contribution in [0.2, 0.25) is 0 Å². The third kappa shape index (κ3) is 4.37. The summed E-state index contributed by atoms with van der Waals surface area (Å²) in [7, 11) is 0. The molecule has 21 heavy (non-hydrogen) atoms. The number of rotatable bonds is 7. The van der Waals surface area contributed by atoms with Crippen molar-refractivity contribution in [1.82, 2.24) is 20.3 Å².